The van der Waals surface area contributed by atoms with Gasteiger partial charge < -0.3 is 10.6 Å². The minimum Gasteiger partial charge on any atom is -0.328 e. The Kier molecular flexibility index (Phi) is 6.84. The molecule has 2 rings (SSSR count). The minimum absolute atomic E-state index is 0.225. The van der Waals surface area contributed by atoms with Crippen LogP contribution in [-0.2, 0) is 0 Å². The zero-order valence-corrected chi connectivity index (χ0v) is 15.0. The molecule has 0 radical (unpaired) electrons. The number of nitrogens with two attached hydrogens (primary N) is 1. The van der Waals surface area contributed by atoms with Gasteiger partial charge >= 0.3 is 0 Å². The average Bonchev–Trinajstić information content (AvgIpc) is 2.58. The summed E-state index contributed by atoms with van der Waals surface area (Å²) < 4.78 is 0. The summed E-state index contributed by atoms with van der Waals surface area (Å²) >= 11 is 0. The van der Waals surface area contributed by atoms with E-state index in [1.165, 1.54) is 0 Å². The van der Waals surface area contributed by atoms with Crippen LogP contribution in [0.4, 0.5) is 0 Å². The molecule has 1 saturated carbocycles. The van der Waals surface area contributed by atoms with E-state index in [4.69, 9.17) is 11.1 Å². The Morgan fingerprint density at radius 3 is 2.79 bits per heavy atom. The molecule has 24 heavy (non-hydrogen) atoms. The summed E-state index contributed by atoms with van der Waals surface area (Å²) in [5.41, 5.74) is 7.83. The monoisotopic (exact) mass is 326 g/mol. The predicted octanol–water partition coefficient (Wildman–Crippen LogP) is 3.10. The largest absolute Gasteiger partial charge is 0.328 e. The number of hydrogen-bond donors (Lipinski definition) is 2. The molecule has 0 bridgehead atoms. The van der Waals surface area contributed by atoms with Crippen LogP contribution in [0.3, 0.4) is 0 Å². The molecule has 1 aliphatic carbocycles. The second kappa shape index (κ2) is 8.86. The maximum Gasteiger partial charge on any atom is 0.108 e. The van der Waals surface area contributed by atoms with Crippen LogP contribution in [0.15, 0.2) is 36.2 Å². The lowest BCUT2D eigenvalue weighted by molar-refractivity contribution is 0.342. The van der Waals surface area contributed by atoms with Gasteiger partial charge in [0.1, 0.15) is 5.84 Å². The molecule has 0 aromatic carbocycles. The van der Waals surface area contributed by atoms with Crippen LogP contribution in [-0.4, -0.2) is 41.3 Å². The van der Waals surface area contributed by atoms with Crippen molar-refractivity contribution < 1.29 is 0 Å². The van der Waals surface area contributed by atoms with Crippen molar-refractivity contribution in [2.24, 2.45) is 11.7 Å². The summed E-state index contributed by atoms with van der Waals surface area (Å²) in [6.45, 7) is 11.2. The van der Waals surface area contributed by atoms with E-state index in [1.54, 1.807) is 0 Å². The number of allylic oxidation sites excluding steroid dienone is 3. The number of nitrogens with one attached hydrogen (secondary N) is 1. The topological polar surface area (TPSA) is 56.4 Å². The van der Waals surface area contributed by atoms with E-state index in [9.17, 15) is 0 Å². The van der Waals surface area contributed by atoms with Crippen molar-refractivity contribution in [1.82, 2.24) is 9.80 Å². The first-order valence-electron chi connectivity index (χ1n) is 8.98. The van der Waals surface area contributed by atoms with E-state index in [-0.39, 0.29) is 12.0 Å². The van der Waals surface area contributed by atoms with Crippen molar-refractivity contribution in [3.8, 4) is 11.8 Å². The lowest BCUT2D eigenvalue weighted by Crippen LogP contribution is -2.37. The molecule has 0 spiro atoms. The van der Waals surface area contributed by atoms with Crippen molar-refractivity contribution >= 4 is 5.84 Å². The first-order chi connectivity index (χ1) is 11.5. The number of amidine groups is 1. The Hall–Kier alpha value is -1.83. The zero-order valence-electron chi connectivity index (χ0n) is 15.0. The third kappa shape index (κ3) is 4.83. The van der Waals surface area contributed by atoms with Gasteiger partial charge in [-0.15, -0.1) is 0 Å². The van der Waals surface area contributed by atoms with Gasteiger partial charge in [0.25, 0.3) is 0 Å². The molecule has 0 unspecified atom stereocenters. The highest BCUT2D eigenvalue weighted by molar-refractivity contribution is 5.85. The van der Waals surface area contributed by atoms with E-state index >= 15 is 0 Å². The summed E-state index contributed by atoms with van der Waals surface area (Å²) in [7, 11) is 0. The Labute approximate surface area is 146 Å². The smallest absolute Gasteiger partial charge is 0.108 e. The quantitative estimate of drug-likeness (QED) is 0.474. The molecule has 4 heteroatoms. The number of hydrogen-bond acceptors (Lipinski definition) is 3. The Morgan fingerprint density at radius 2 is 2.17 bits per heavy atom. The van der Waals surface area contributed by atoms with Gasteiger partial charge in [-0.05, 0) is 44.5 Å². The summed E-state index contributed by atoms with van der Waals surface area (Å²) in [4.78, 5) is 4.15. The van der Waals surface area contributed by atoms with E-state index in [2.05, 4.69) is 37.2 Å². The van der Waals surface area contributed by atoms with Crippen LogP contribution >= 0.6 is 0 Å². The van der Waals surface area contributed by atoms with Gasteiger partial charge in [-0.3, -0.25) is 10.3 Å². The van der Waals surface area contributed by atoms with Gasteiger partial charge in [-0.1, -0.05) is 38.7 Å². The molecule has 4 nitrogen and oxygen atoms in total. The van der Waals surface area contributed by atoms with Crippen molar-refractivity contribution in [2.45, 2.75) is 45.6 Å². The highest BCUT2D eigenvalue weighted by Crippen LogP contribution is 2.28. The van der Waals surface area contributed by atoms with Crippen LogP contribution in [0.1, 0.15) is 39.5 Å². The van der Waals surface area contributed by atoms with Crippen molar-refractivity contribution in [3.63, 3.8) is 0 Å². The predicted molar refractivity (Wildman–Crippen MR) is 101 cm³/mol. The molecule has 2 atom stereocenters. The van der Waals surface area contributed by atoms with Crippen LogP contribution in [0.2, 0.25) is 0 Å². The summed E-state index contributed by atoms with van der Waals surface area (Å²) in [6.07, 6.45) is 9.99. The van der Waals surface area contributed by atoms with Crippen molar-refractivity contribution in [3.05, 3.63) is 36.2 Å². The van der Waals surface area contributed by atoms with Crippen LogP contribution in [0.5, 0.6) is 0 Å². The molecule has 0 aromatic heterocycles. The highest BCUT2D eigenvalue weighted by atomic mass is 15.2. The second-order valence-electron chi connectivity index (χ2n) is 6.55. The second-order valence-corrected chi connectivity index (χ2v) is 6.55. The fourth-order valence-electron chi connectivity index (χ4n) is 3.23. The van der Waals surface area contributed by atoms with Crippen LogP contribution < -0.4 is 5.73 Å². The lowest BCUT2D eigenvalue weighted by atomic mass is 9.85. The zero-order chi connectivity index (χ0) is 17.5. The van der Waals surface area contributed by atoms with E-state index in [0.29, 0.717) is 5.84 Å². The van der Waals surface area contributed by atoms with E-state index < -0.39 is 0 Å². The molecule has 1 fully saturated rings. The molecule has 0 saturated heterocycles. The van der Waals surface area contributed by atoms with Gasteiger partial charge in [0.15, 0.2) is 0 Å². The molecule has 2 aliphatic rings. The Morgan fingerprint density at radius 1 is 1.42 bits per heavy atom. The molecule has 0 aromatic rings. The van der Waals surface area contributed by atoms with Gasteiger partial charge in [0.2, 0.25) is 0 Å². The third-order valence-corrected chi connectivity index (χ3v) is 4.83. The number of rotatable bonds is 4. The highest BCUT2D eigenvalue weighted by Gasteiger charge is 2.26. The van der Waals surface area contributed by atoms with E-state index in [1.807, 2.05) is 23.3 Å². The summed E-state index contributed by atoms with van der Waals surface area (Å²) in [6, 6.07) is 0.225. The standard InChI is InChI=1S/C20H30N4/c1-4-23(5-2)12-7-8-17-11-13-24(16(3)14-17)20(22)18-9-6-10-19(21)15-18/h11,13-14,18-19,22H,3-6,9-10,12,15,21H2,1-2H3/t18-,19+/m0/s1. The van der Waals surface area contributed by atoms with Gasteiger partial charge in [0.05, 0.1) is 6.54 Å². The Balaban J connectivity index is 1.96. The first-order valence-corrected chi connectivity index (χ1v) is 8.98. The Bertz CT molecular complexity index is 586. The third-order valence-electron chi connectivity index (χ3n) is 4.83. The van der Waals surface area contributed by atoms with Gasteiger partial charge in [-0.2, -0.15) is 0 Å². The normalized spacial score (nSPS) is 23.8. The minimum atomic E-state index is 0.225. The lowest BCUT2D eigenvalue weighted by Gasteiger charge is -2.33. The molecule has 3 N–H and O–H groups in total. The molecular formula is C20H30N4. The summed E-state index contributed by atoms with van der Waals surface area (Å²) in [5, 5.41) is 8.49. The van der Waals surface area contributed by atoms with Crippen molar-refractivity contribution in [2.75, 3.05) is 19.6 Å². The maximum atomic E-state index is 8.49. The van der Waals surface area contributed by atoms with Gasteiger partial charge in [0, 0.05) is 29.4 Å². The number of nitrogens with zero attached hydrogens (tertiary/aromatic N) is 2. The maximum absolute atomic E-state index is 8.49. The van der Waals surface area contributed by atoms with Crippen LogP contribution in [0, 0.1) is 23.2 Å². The SMILES string of the molecule is C=C1C=C(C#CCN(CC)CC)C=CN1C(=N)[C@H]1CCC[C@@H](N)C1. The fraction of sp³-hybridized carbons (Fsp3) is 0.550. The summed E-state index contributed by atoms with van der Waals surface area (Å²) in [5.74, 6) is 7.26. The average molecular weight is 326 g/mol. The molecule has 0 amide bonds. The molecule has 130 valence electrons. The molecule has 1 aliphatic heterocycles. The van der Waals surface area contributed by atoms with E-state index in [0.717, 1.165) is 56.6 Å². The van der Waals surface area contributed by atoms with Gasteiger partial charge in [-0.25, -0.2) is 0 Å². The first kappa shape index (κ1) is 18.5. The van der Waals surface area contributed by atoms with Crippen molar-refractivity contribution in [1.29, 1.82) is 5.41 Å². The molecular weight excluding hydrogens is 296 g/mol. The van der Waals surface area contributed by atoms with Crippen LogP contribution in [0.25, 0.3) is 0 Å². The molecule has 1 heterocycles. The fourth-order valence-corrected chi connectivity index (χ4v) is 3.23.